The molecule has 1 heterocycles. The highest BCUT2D eigenvalue weighted by molar-refractivity contribution is 5.21. The van der Waals surface area contributed by atoms with Gasteiger partial charge in [0.15, 0.2) is 0 Å². The summed E-state index contributed by atoms with van der Waals surface area (Å²) in [5, 5.41) is 3.53. The van der Waals surface area contributed by atoms with Crippen LogP contribution in [0.1, 0.15) is 17.5 Å². The van der Waals surface area contributed by atoms with Gasteiger partial charge in [0.2, 0.25) is 0 Å². The van der Waals surface area contributed by atoms with Crippen molar-refractivity contribution in [2.75, 3.05) is 45.9 Å². The van der Waals surface area contributed by atoms with Crippen molar-refractivity contribution in [2.24, 2.45) is 0 Å². The minimum atomic E-state index is 0.904. The average molecular weight is 262 g/mol. The molecule has 0 spiro atoms. The van der Waals surface area contributed by atoms with Crippen molar-refractivity contribution in [3.63, 3.8) is 0 Å². The Hall–Kier alpha value is -0.900. The van der Waals surface area contributed by atoms with E-state index in [1.165, 1.54) is 24.1 Å². The van der Waals surface area contributed by atoms with E-state index >= 15 is 0 Å². The minimum Gasteiger partial charge on any atom is -0.379 e. The number of benzene rings is 1. The van der Waals surface area contributed by atoms with E-state index in [0.29, 0.717) is 0 Å². The second-order valence-corrected chi connectivity index (χ2v) is 5.29. The molecule has 1 saturated heterocycles. The highest BCUT2D eigenvalue weighted by Gasteiger charge is 2.08. The maximum absolute atomic E-state index is 5.34. The standard InChI is InChI=1S/C16H26N2O/c1-15-3-5-16(6-4-15)7-9-17-8-2-10-18-11-13-19-14-12-18/h3-6,17H,2,7-14H2,1H3. The molecule has 0 aromatic heterocycles. The Morgan fingerprint density at radius 2 is 1.84 bits per heavy atom. The lowest BCUT2D eigenvalue weighted by Crippen LogP contribution is -2.37. The normalized spacial score (nSPS) is 16.7. The third-order valence-electron chi connectivity index (χ3n) is 3.64. The summed E-state index contributed by atoms with van der Waals surface area (Å²) in [5.41, 5.74) is 2.76. The van der Waals surface area contributed by atoms with Crippen molar-refractivity contribution in [1.82, 2.24) is 10.2 Å². The van der Waals surface area contributed by atoms with E-state index in [1.54, 1.807) is 0 Å². The maximum Gasteiger partial charge on any atom is 0.0594 e. The van der Waals surface area contributed by atoms with Gasteiger partial charge in [-0.1, -0.05) is 29.8 Å². The Balaban J connectivity index is 1.49. The first-order valence-electron chi connectivity index (χ1n) is 7.41. The minimum absolute atomic E-state index is 0.904. The van der Waals surface area contributed by atoms with Gasteiger partial charge < -0.3 is 10.1 Å². The third-order valence-corrected chi connectivity index (χ3v) is 3.64. The molecule has 0 unspecified atom stereocenters. The highest BCUT2D eigenvalue weighted by atomic mass is 16.5. The number of morpholine rings is 1. The van der Waals surface area contributed by atoms with Gasteiger partial charge in [-0.25, -0.2) is 0 Å². The predicted octanol–water partition coefficient (Wildman–Crippen LogP) is 1.85. The molecular weight excluding hydrogens is 236 g/mol. The molecule has 0 amide bonds. The summed E-state index contributed by atoms with van der Waals surface area (Å²) < 4.78 is 5.34. The Morgan fingerprint density at radius 1 is 1.11 bits per heavy atom. The molecule has 106 valence electrons. The van der Waals surface area contributed by atoms with Gasteiger partial charge in [0.1, 0.15) is 0 Å². The monoisotopic (exact) mass is 262 g/mol. The van der Waals surface area contributed by atoms with Crippen LogP contribution in [0.5, 0.6) is 0 Å². The van der Waals surface area contributed by atoms with Crippen LogP contribution in [0.25, 0.3) is 0 Å². The van der Waals surface area contributed by atoms with E-state index in [1.807, 2.05) is 0 Å². The largest absolute Gasteiger partial charge is 0.379 e. The number of hydrogen-bond donors (Lipinski definition) is 1. The van der Waals surface area contributed by atoms with Crippen molar-refractivity contribution < 1.29 is 4.74 Å². The van der Waals surface area contributed by atoms with Gasteiger partial charge in [-0.05, 0) is 45.0 Å². The fraction of sp³-hybridized carbons (Fsp3) is 0.625. The first-order chi connectivity index (χ1) is 9.34. The fourth-order valence-corrected chi connectivity index (χ4v) is 2.36. The van der Waals surface area contributed by atoms with Crippen LogP contribution in [0.3, 0.4) is 0 Å². The van der Waals surface area contributed by atoms with E-state index in [4.69, 9.17) is 4.74 Å². The number of nitrogens with one attached hydrogen (secondary N) is 1. The van der Waals surface area contributed by atoms with Gasteiger partial charge in [0.05, 0.1) is 13.2 Å². The molecule has 1 aromatic carbocycles. The van der Waals surface area contributed by atoms with Gasteiger partial charge in [0, 0.05) is 13.1 Å². The molecule has 0 aliphatic carbocycles. The van der Waals surface area contributed by atoms with Gasteiger partial charge in [-0.2, -0.15) is 0 Å². The molecule has 0 atom stereocenters. The number of rotatable bonds is 7. The lowest BCUT2D eigenvalue weighted by molar-refractivity contribution is 0.0375. The second-order valence-electron chi connectivity index (χ2n) is 5.29. The molecule has 1 aliphatic heterocycles. The molecule has 1 fully saturated rings. The zero-order valence-corrected chi connectivity index (χ0v) is 12.0. The molecule has 0 saturated carbocycles. The van der Waals surface area contributed by atoms with Gasteiger partial charge >= 0.3 is 0 Å². The third kappa shape index (κ3) is 5.72. The summed E-state index contributed by atoms with van der Waals surface area (Å²) in [5.74, 6) is 0. The first-order valence-corrected chi connectivity index (χ1v) is 7.41. The number of hydrogen-bond acceptors (Lipinski definition) is 3. The topological polar surface area (TPSA) is 24.5 Å². The van der Waals surface area contributed by atoms with E-state index in [9.17, 15) is 0 Å². The lowest BCUT2D eigenvalue weighted by atomic mass is 10.1. The molecule has 19 heavy (non-hydrogen) atoms. The Labute approximate surface area is 116 Å². The van der Waals surface area contributed by atoms with Gasteiger partial charge in [-0.3, -0.25) is 4.90 Å². The van der Waals surface area contributed by atoms with Gasteiger partial charge in [0.25, 0.3) is 0 Å². The molecule has 2 rings (SSSR count). The summed E-state index contributed by atoms with van der Waals surface area (Å²) in [7, 11) is 0. The van der Waals surface area contributed by atoms with Crippen molar-refractivity contribution >= 4 is 0 Å². The van der Waals surface area contributed by atoms with Crippen LogP contribution in [0, 0.1) is 6.92 Å². The molecule has 1 N–H and O–H groups in total. The smallest absolute Gasteiger partial charge is 0.0594 e. The van der Waals surface area contributed by atoms with Gasteiger partial charge in [-0.15, -0.1) is 0 Å². The molecule has 0 radical (unpaired) electrons. The van der Waals surface area contributed by atoms with Crippen LogP contribution < -0.4 is 5.32 Å². The van der Waals surface area contributed by atoms with Crippen LogP contribution in [-0.4, -0.2) is 50.8 Å². The van der Waals surface area contributed by atoms with E-state index < -0.39 is 0 Å². The van der Waals surface area contributed by atoms with E-state index in [-0.39, 0.29) is 0 Å². The fourth-order valence-electron chi connectivity index (χ4n) is 2.36. The second kappa shape index (κ2) is 8.31. The summed E-state index contributed by atoms with van der Waals surface area (Å²) in [6, 6.07) is 8.83. The maximum atomic E-state index is 5.34. The number of nitrogens with zero attached hydrogens (tertiary/aromatic N) is 1. The Morgan fingerprint density at radius 3 is 2.58 bits per heavy atom. The van der Waals surface area contributed by atoms with Crippen LogP contribution in [-0.2, 0) is 11.2 Å². The zero-order chi connectivity index (χ0) is 13.3. The quantitative estimate of drug-likeness (QED) is 0.759. The highest BCUT2D eigenvalue weighted by Crippen LogP contribution is 2.03. The number of ether oxygens (including phenoxy) is 1. The van der Waals surface area contributed by atoms with Crippen molar-refractivity contribution in [1.29, 1.82) is 0 Å². The van der Waals surface area contributed by atoms with Crippen molar-refractivity contribution in [3.8, 4) is 0 Å². The lowest BCUT2D eigenvalue weighted by Gasteiger charge is -2.26. The van der Waals surface area contributed by atoms with Crippen LogP contribution in [0.15, 0.2) is 24.3 Å². The molecule has 1 aliphatic rings. The summed E-state index contributed by atoms with van der Waals surface area (Å²) in [6.45, 7) is 9.53. The van der Waals surface area contributed by atoms with Crippen molar-refractivity contribution in [3.05, 3.63) is 35.4 Å². The van der Waals surface area contributed by atoms with E-state index in [0.717, 1.165) is 45.8 Å². The molecule has 3 nitrogen and oxygen atoms in total. The predicted molar refractivity (Wildman–Crippen MR) is 79.6 cm³/mol. The van der Waals surface area contributed by atoms with E-state index in [2.05, 4.69) is 41.4 Å². The molecular formula is C16H26N2O. The summed E-state index contributed by atoms with van der Waals surface area (Å²) in [4.78, 5) is 2.49. The SMILES string of the molecule is Cc1ccc(CCNCCCN2CCOCC2)cc1. The Kier molecular flexibility index (Phi) is 6.34. The average Bonchev–Trinajstić information content (AvgIpc) is 2.46. The van der Waals surface area contributed by atoms with Crippen LogP contribution >= 0.6 is 0 Å². The van der Waals surface area contributed by atoms with Crippen LogP contribution in [0.4, 0.5) is 0 Å². The van der Waals surface area contributed by atoms with Crippen LogP contribution in [0.2, 0.25) is 0 Å². The number of aryl methyl sites for hydroxylation is 1. The molecule has 0 bridgehead atoms. The zero-order valence-electron chi connectivity index (χ0n) is 12.0. The molecule has 3 heteroatoms. The summed E-state index contributed by atoms with van der Waals surface area (Å²) in [6.07, 6.45) is 2.35. The molecule has 1 aromatic rings. The Bertz CT molecular complexity index is 344. The first kappa shape index (κ1) is 14.5. The summed E-state index contributed by atoms with van der Waals surface area (Å²) >= 11 is 0. The van der Waals surface area contributed by atoms with Crippen molar-refractivity contribution in [2.45, 2.75) is 19.8 Å².